The summed E-state index contributed by atoms with van der Waals surface area (Å²) < 4.78 is 0. The minimum absolute atomic E-state index is 0.00385. The van der Waals surface area contributed by atoms with Gasteiger partial charge in [0.25, 0.3) is 0 Å². The van der Waals surface area contributed by atoms with E-state index in [2.05, 4.69) is 48.0 Å². The van der Waals surface area contributed by atoms with Gasteiger partial charge in [0.15, 0.2) is 0 Å². The van der Waals surface area contributed by atoms with E-state index in [9.17, 15) is 4.79 Å². The van der Waals surface area contributed by atoms with Crippen LogP contribution in [0.25, 0.3) is 11.0 Å². The van der Waals surface area contributed by atoms with Gasteiger partial charge in [-0.05, 0) is 43.7 Å². The third-order valence-electron chi connectivity index (χ3n) is 5.03. The highest BCUT2D eigenvalue weighted by molar-refractivity contribution is 6.01. The number of aromatic nitrogens is 4. The van der Waals surface area contributed by atoms with Crippen LogP contribution in [-0.4, -0.2) is 25.8 Å². The Labute approximate surface area is 173 Å². The van der Waals surface area contributed by atoms with E-state index in [0.29, 0.717) is 18.9 Å². The highest BCUT2D eigenvalue weighted by atomic mass is 16.1. The van der Waals surface area contributed by atoms with Gasteiger partial charge in [-0.25, -0.2) is 9.97 Å². The lowest BCUT2D eigenvalue weighted by Crippen LogP contribution is -2.06. The van der Waals surface area contributed by atoms with Gasteiger partial charge in [-0.15, -0.1) is 0 Å². The fourth-order valence-electron chi connectivity index (χ4n) is 3.68. The van der Waals surface area contributed by atoms with Crippen molar-refractivity contribution in [2.24, 2.45) is 0 Å². The second-order valence-corrected chi connectivity index (χ2v) is 7.43. The number of H-pyrrole nitrogens is 1. The molecule has 1 aliphatic rings. The molecule has 0 bridgehead atoms. The highest BCUT2D eigenvalue weighted by Crippen LogP contribution is 2.31. The highest BCUT2D eigenvalue weighted by Gasteiger charge is 2.20. The summed E-state index contributed by atoms with van der Waals surface area (Å²) in [6, 6.07) is 13.8. The molecule has 0 saturated heterocycles. The van der Waals surface area contributed by atoms with Gasteiger partial charge < -0.3 is 20.9 Å². The number of carbonyl (C=O) groups is 1. The van der Waals surface area contributed by atoms with Crippen LogP contribution in [0.5, 0.6) is 0 Å². The van der Waals surface area contributed by atoms with Crippen molar-refractivity contribution in [1.82, 2.24) is 19.9 Å². The second kappa shape index (κ2) is 7.14. The maximum absolute atomic E-state index is 11.7. The number of nitrogens with one attached hydrogen (secondary N) is 4. The molecule has 0 unspecified atom stereocenters. The minimum atomic E-state index is -0.00385. The molecule has 0 saturated carbocycles. The van der Waals surface area contributed by atoms with Crippen molar-refractivity contribution < 1.29 is 4.79 Å². The summed E-state index contributed by atoms with van der Waals surface area (Å²) in [5.41, 5.74) is 6.55. The zero-order valence-electron chi connectivity index (χ0n) is 16.7. The number of benzene rings is 2. The van der Waals surface area contributed by atoms with Gasteiger partial charge in [0.1, 0.15) is 11.6 Å². The molecule has 8 nitrogen and oxygen atoms in total. The van der Waals surface area contributed by atoms with Crippen LogP contribution in [0.2, 0.25) is 0 Å². The molecule has 0 spiro atoms. The summed E-state index contributed by atoms with van der Waals surface area (Å²) in [6.07, 6.45) is 0.352. The molecule has 1 aliphatic heterocycles. The smallest absolute Gasteiger partial charge is 0.229 e. The van der Waals surface area contributed by atoms with Crippen LogP contribution in [-0.2, 0) is 17.8 Å². The summed E-state index contributed by atoms with van der Waals surface area (Å²) in [4.78, 5) is 28.5. The molecule has 150 valence electrons. The predicted molar refractivity (Wildman–Crippen MR) is 117 cm³/mol. The number of anilines is 4. The third-order valence-corrected chi connectivity index (χ3v) is 5.03. The summed E-state index contributed by atoms with van der Waals surface area (Å²) in [7, 11) is 0. The molecule has 4 aromatic rings. The van der Waals surface area contributed by atoms with Gasteiger partial charge in [0.2, 0.25) is 11.9 Å². The standard InChI is InChI=1S/C22H21N7O/c1-12-8-20(23-11-14-6-7-18-19(9-14)26-13(2)25-18)29-22(24-12)28-17-5-3-4-16-15(17)10-21(30)27-16/h3-9H,10-11H2,1-2H3,(H,25,26)(H,27,30)(H2,23,24,28,29). The van der Waals surface area contributed by atoms with E-state index in [1.165, 1.54) is 0 Å². The van der Waals surface area contributed by atoms with E-state index < -0.39 is 0 Å². The molecular weight excluding hydrogens is 378 g/mol. The lowest BCUT2D eigenvalue weighted by Gasteiger charge is -2.12. The Morgan fingerprint density at radius 3 is 2.87 bits per heavy atom. The lowest BCUT2D eigenvalue weighted by molar-refractivity contribution is -0.115. The van der Waals surface area contributed by atoms with E-state index in [4.69, 9.17) is 0 Å². The average molecular weight is 399 g/mol. The van der Waals surface area contributed by atoms with Gasteiger partial charge >= 0.3 is 0 Å². The molecule has 1 amide bonds. The Kier molecular flexibility index (Phi) is 4.31. The van der Waals surface area contributed by atoms with Gasteiger partial charge in [-0.1, -0.05) is 12.1 Å². The number of rotatable bonds is 5. The van der Waals surface area contributed by atoms with Crippen molar-refractivity contribution in [1.29, 1.82) is 0 Å². The molecule has 8 heteroatoms. The van der Waals surface area contributed by atoms with Crippen LogP contribution in [0.3, 0.4) is 0 Å². The molecule has 0 fully saturated rings. The van der Waals surface area contributed by atoms with Gasteiger partial charge in [0, 0.05) is 35.2 Å². The van der Waals surface area contributed by atoms with E-state index in [1.807, 2.05) is 44.2 Å². The summed E-state index contributed by atoms with van der Waals surface area (Å²) >= 11 is 0. The average Bonchev–Trinajstić information content (AvgIpc) is 3.27. The van der Waals surface area contributed by atoms with E-state index in [1.54, 1.807) is 0 Å². The molecule has 3 heterocycles. The Morgan fingerprint density at radius 2 is 1.97 bits per heavy atom. The molecule has 0 radical (unpaired) electrons. The van der Waals surface area contributed by atoms with E-state index in [0.717, 1.165) is 50.9 Å². The normalized spacial score (nSPS) is 12.7. The van der Waals surface area contributed by atoms with Crippen LogP contribution in [0, 0.1) is 13.8 Å². The Morgan fingerprint density at radius 1 is 1.07 bits per heavy atom. The number of hydrogen-bond acceptors (Lipinski definition) is 6. The lowest BCUT2D eigenvalue weighted by atomic mass is 10.1. The summed E-state index contributed by atoms with van der Waals surface area (Å²) in [6.45, 7) is 4.50. The minimum Gasteiger partial charge on any atom is -0.366 e. The van der Waals surface area contributed by atoms with Gasteiger partial charge in [-0.2, -0.15) is 4.98 Å². The van der Waals surface area contributed by atoms with Crippen molar-refractivity contribution in [3.63, 3.8) is 0 Å². The van der Waals surface area contributed by atoms with Crippen LogP contribution in [0.4, 0.5) is 23.1 Å². The van der Waals surface area contributed by atoms with Gasteiger partial charge in [-0.3, -0.25) is 4.79 Å². The van der Waals surface area contributed by atoms with E-state index in [-0.39, 0.29) is 5.91 Å². The first-order valence-corrected chi connectivity index (χ1v) is 9.77. The number of amides is 1. The molecule has 30 heavy (non-hydrogen) atoms. The maximum Gasteiger partial charge on any atom is 0.229 e. The third kappa shape index (κ3) is 3.55. The monoisotopic (exact) mass is 399 g/mol. The molecule has 0 atom stereocenters. The van der Waals surface area contributed by atoms with Crippen molar-refractivity contribution in [2.45, 2.75) is 26.8 Å². The first kappa shape index (κ1) is 18.1. The van der Waals surface area contributed by atoms with E-state index >= 15 is 0 Å². The van der Waals surface area contributed by atoms with Crippen molar-refractivity contribution in [3.05, 3.63) is 65.1 Å². The second-order valence-electron chi connectivity index (χ2n) is 7.43. The number of carbonyl (C=O) groups excluding carboxylic acids is 1. The van der Waals surface area contributed by atoms with Gasteiger partial charge in [0.05, 0.1) is 17.5 Å². The molecular formula is C22H21N7O. The fraction of sp³-hybridized carbons (Fsp3) is 0.182. The number of imidazole rings is 1. The Balaban J connectivity index is 1.35. The molecule has 0 aliphatic carbocycles. The first-order valence-electron chi connectivity index (χ1n) is 9.77. The topological polar surface area (TPSA) is 108 Å². The van der Waals surface area contributed by atoms with Crippen molar-refractivity contribution in [3.8, 4) is 0 Å². The number of aromatic amines is 1. The first-order chi connectivity index (χ1) is 14.5. The quantitative estimate of drug-likeness (QED) is 0.406. The number of aryl methyl sites for hydroxylation is 2. The largest absolute Gasteiger partial charge is 0.366 e. The van der Waals surface area contributed by atoms with Crippen LogP contribution in [0.15, 0.2) is 42.5 Å². The van der Waals surface area contributed by atoms with Crippen LogP contribution in [0.1, 0.15) is 22.6 Å². The predicted octanol–water partition coefficient (Wildman–Crippen LogP) is 3.82. The SMILES string of the molecule is Cc1cc(NCc2ccc3[nH]c(C)nc3c2)nc(Nc2cccc3c2CC(=O)N3)n1. The Bertz CT molecular complexity index is 1280. The van der Waals surface area contributed by atoms with Crippen molar-refractivity contribution >= 4 is 40.1 Å². The molecule has 2 aromatic carbocycles. The number of hydrogen-bond donors (Lipinski definition) is 4. The molecule has 2 aromatic heterocycles. The maximum atomic E-state index is 11.7. The van der Waals surface area contributed by atoms with Crippen molar-refractivity contribution in [2.75, 3.05) is 16.0 Å². The van der Waals surface area contributed by atoms with Crippen LogP contribution < -0.4 is 16.0 Å². The number of nitrogens with zero attached hydrogens (tertiary/aromatic N) is 3. The molecule has 4 N–H and O–H groups in total. The Hall–Kier alpha value is -3.94. The zero-order chi connectivity index (χ0) is 20.7. The summed E-state index contributed by atoms with van der Waals surface area (Å²) in [5, 5.41) is 9.49. The zero-order valence-corrected chi connectivity index (χ0v) is 16.7. The summed E-state index contributed by atoms with van der Waals surface area (Å²) in [5.74, 6) is 2.12. The van der Waals surface area contributed by atoms with Crippen LogP contribution >= 0.6 is 0 Å². The fourth-order valence-corrected chi connectivity index (χ4v) is 3.68. The number of fused-ring (bicyclic) bond motifs is 2. The molecule has 5 rings (SSSR count).